The summed E-state index contributed by atoms with van der Waals surface area (Å²) < 4.78 is 10.8. The number of ether oxygens (including phenoxy) is 1. The Morgan fingerprint density at radius 2 is 2.05 bits per heavy atom. The molecule has 1 aromatic heterocycles. The Bertz CT molecular complexity index is 341. The third-order valence-corrected chi connectivity index (χ3v) is 3.15. The summed E-state index contributed by atoms with van der Waals surface area (Å²) in [4.78, 5) is 4.42. The predicted molar refractivity (Wildman–Crippen MR) is 75.0 cm³/mol. The maximum absolute atomic E-state index is 5.41. The molecule has 0 spiro atoms. The minimum absolute atomic E-state index is 0.226. The molecule has 1 heterocycles. The number of nitrogens with zero attached hydrogens (tertiary/aromatic N) is 2. The number of hydrogen-bond acceptors (Lipinski definition) is 5. The van der Waals surface area contributed by atoms with Gasteiger partial charge >= 0.3 is 0 Å². The van der Waals surface area contributed by atoms with Gasteiger partial charge in [-0.1, -0.05) is 32.9 Å². The molecule has 2 atom stereocenters. The Hall–Kier alpha value is -0.940. The smallest absolute Gasteiger partial charge is 0.231 e. The lowest BCUT2D eigenvalue weighted by atomic mass is 9.99. The molecular weight excluding hydrogens is 242 g/mol. The SMILES string of the molecule is CCCNC(CC)C(C)c1nc(COCCC)no1. The summed E-state index contributed by atoms with van der Waals surface area (Å²) in [7, 11) is 0. The van der Waals surface area contributed by atoms with Crippen LogP contribution in [0.3, 0.4) is 0 Å². The van der Waals surface area contributed by atoms with Crippen molar-refractivity contribution in [3.8, 4) is 0 Å². The zero-order chi connectivity index (χ0) is 14.1. The van der Waals surface area contributed by atoms with Crippen LogP contribution in [0.2, 0.25) is 0 Å². The van der Waals surface area contributed by atoms with Crippen LogP contribution in [0, 0.1) is 0 Å². The van der Waals surface area contributed by atoms with Gasteiger partial charge in [-0.15, -0.1) is 0 Å². The zero-order valence-corrected chi connectivity index (χ0v) is 12.6. The third-order valence-electron chi connectivity index (χ3n) is 3.15. The Labute approximate surface area is 116 Å². The van der Waals surface area contributed by atoms with Crippen LogP contribution in [0.25, 0.3) is 0 Å². The van der Waals surface area contributed by atoms with Crippen LogP contribution in [-0.2, 0) is 11.3 Å². The fourth-order valence-electron chi connectivity index (χ4n) is 2.00. The molecule has 1 aromatic rings. The lowest BCUT2D eigenvalue weighted by molar-refractivity contribution is 0.114. The normalized spacial score (nSPS) is 14.5. The molecule has 19 heavy (non-hydrogen) atoms. The van der Waals surface area contributed by atoms with Gasteiger partial charge in [-0.3, -0.25) is 0 Å². The van der Waals surface area contributed by atoms with E-state index in [1.807, 2.05) is 0 Å². The van der Waals surface area contributed by atoms with Gasteiger partial charge in [0, 0.05) is 12.6 Å². The van der Waals surface area contributed by atoms with Crippen molar-refractivity contribution >= 4 is 0 Å². The van der Waals surface area contributed by atoms with Gasteiger partial charge in [0.2, 0.25) is 5.89 Å². The van der Waals surface area contributed by atoms with E-state index in [9.17, 15) is 0 Å². The van der Waals surface area contributed by atoms with Gasteiger partial charge in [0.15, 0.2) is 5.82 Å². The van der Waals surface area contributed by atoms with Crippen LogP contribution >= 0.6 is 0 Å². The van der Waals surface area contributed by atoms with E-state index in [0.29, 0.717) is 24.4 Å². The summed E-state index contributed by atoms with van der Waals surface area (Å²) in [6, 6.07) is 0.379. The molecule has 0 fully saturated rings. The predicted octanol–water partition coefficient (Wildman–Crippen LogP) is 2.88. The summed E-state index contributed by atoms with van der Waals surface area (Å²) in [5.41, 5.74) is 0. The summed E-state index contributed by atoms with van der Waals surface area (Å²) in [6.45, 7) is 10.7. The Morgan fingerprint density at radius 3 is 2.68 bits per heavy atom. The first kappa shape index (κ1) is 16.1. The van der Waals surface area contributed by atoms with Gasteiger partial charge in [-0.25, -0.2) is 0 Å². The first-order chi connectivity index (χ1) is 9.22. The minimum atomic E-state index is 0.226. The molecule has 0 aliphatic heterocycles. The molecule has 0 amide bonds. The van der Waals surface area contributed by atoms with Gasteiger partial charge in [0.1, 0.15) is 6.61 Å². The monoisotopic (exact) mass is 269 g/mol. The van der Waals surface area contributed by atoms with E-state index in [4.69, 9.17) is 9.26 Å². The lowest BCUT2D eigenvalue weighted by Gasteiger charge is -2.20. The van der Waals surface area contributed by atoms with E-state index in [1.165, 1.54) is 0 Å². The Balaban J connectivity index is 2.52. The molecule has 5 heteroatoms. The zero-order valence-electron chi connectivity index (χ0n) is 12.6. The largest absolute Gasteiger partial charge is 0.373 e. The van der Waals surface area contributed by atoms with Crippen molar-refractivity contribution in [1.29, 1.82) is 0 Å². The molecule has 0 radical (unpaired) electrons. The van der Waals surface area contributed by atoms with Crippen molar-refractivity contribution in [2.75, 3.05) is 13.2 Å². The molecule has 5 nitrogen and oxygen atoms in total. The van der Waals surface area contributed by atoms with Crippen molar-refractivity contribution in [2.45, 2.75) is 65.5 Å². The average molecular weight is 269 g/mol. The fourth-order valence-corrected chi connectivity index (χ4v) is 2.00. The second-order valence-corrected chi connectivity index (χ2v) is 4.86. The highest BCUT2D eigenvalue weighted by molar-refractivity contribution is 4.96. The van der Waals surface area contributed by atoms with Gasteiger partial charge < -0.3 is 14.6 Å². The van der Waals surface area contributed by atoms with Gasteiger partial charge in [0.25, 0.3) is 0 Å². The van der Waals surface area contributed by atoms with Gasteiger partial charge in [0.05, 0.1) is 5.92 Å². The first-order valence-electron chi connectivity index (χ1n) is 7.36. The summed E-state index contributed by atoms with van der Waals surface area (Å²) in [6.07, 6.45) is 3.17. The lowest BCUT2D eigenvalue weighted by Crippen LogP contribution is -2.33. The standard InChI is InChI=1S/C14H27N3O2/c1-5-8-15-12(7-3)11(4)14-16-13(17-19-14)10-18-9-6-2/h11-12,15H,5-10H2,1-4H3. The summed E-state index contributed by atoms with van der Waals surface area (Å²) in [5, 5.41) is 7.49. The summed E-state index contributed by atoms with van der Waals surface area (Å²) >= 11 is 0. The molecule has 0 aromatic carbocycles. The maximum Gasteiger partial charge on any atom is 0.231 e. The number of aromatic nitrogens is 2. The van der Waals surface area contributed by atoms with Crippen molar-refractivity contribution < 1.29 is 9.26 Å². The van der Waals surface area contributed by atoms with Crippen molar-refractivity contribution in [2.24, 2.45) is 0 Å². The van der Waals surface area contributed by atoms with E-state index in [0.717, 1.165) is 32.4 Å². The van der Waals surface area contributed by atoms with Crippen LogP contribution in [-0.4, -0.2) is 29.3 Å². The molecular formula is C14H27N3O2. The van der Waals surface area contributed by atoms with Crippen molar-refractivity contribution in [3.63, 3.8) is 0 Å². The minimum Gasteiger partial charge on any atom is -0.373 e. The van der Waals surface area contributed by atoms with Gasteiger partial charge in [-0.05, 0) is 25.8 Å². The quantitative estimate of drug-likeness (QED) is 0.662. The van der Waals surface area contributed by atoms with Gasteiger partial charge in [-0.2, -0.15) is 4.98 Å². The van der Waals surface area contributed by atoms with E-state index in [-0.39, 0.29) is 5.92 Å². The van der Waals surface area contributed by atoms with E-state index >= 15 is 0 Å². The third kappa shape index (κ3) is 5.28. The Morgan fingerprint density at radius 1 is 1.26 bits per heavy atom. The van der Waals surface area contributed by atoms with Crippen molar-refractivity contribution in [1.82, 2.24) is 15.5 Å². The fraction of sp³-hybridized carbons (Fsp3) is 0.857. The second kappa shape index (κ2) is 9.04. The molecule has 0 aliphatic rings. The highest BCUT2D eigenvalue weighted by atomic mass is 16.5. The highest BCUT2D eigenvalue weighted by Crippen LogP contribution is 2.19. The first-order valence-corrected chi connectivity index (χ1v) is 7.36. The number of rotatable bonds is 10. The molecule has 0 bridgehead atoms. The Kier molecular flexibility index (Phi) is 7.67. The van der Waals surface area contributed by atoms with Crippen LogP contribution in [0.15, 0.2) is 4.52 Å². The number of nitrogens with one attached hydrogen (secondary N) is 1. The van der Waals surface area contributed by atoms with Crippen LogP contribution in [0.5, 0.6) is 0 Å². The van der Waals surface area contributed by atoms with Crippen LogP contribution in [0.4, 0.5) is 0 Å². The molecule has 110 valence electrons. The molecule has 1 N–H and O–H groups in total. The highest BCUT2D eigenvalue weighted by Gasteiger charge is 2.22. The molecule has 0 saturated heterocycles. The topological polar surface area (TPSA) is 60.2 Å². The molecule has 1 rings (SSSR count). The molecule has 0 aliphatic carbocycles. The maximum atomic E-state index is 5.41. The molecule has 2 unspecified atom stereocenters. The van der Waals surface area contributed by atoms with E-state index in [1.54, 1.807) is 0 Å². The van der Waals surface area contributed by atoms with Crippen molar-refractivity contribution in [3.05, 3.63) is 11.7 Å². The van der Waals surface area contributed by atoms with Crippen LogP contribution in [0.1, 0.15) is 64.6 Å². The molecule has 0 saturated carbocycles. The number of hydrogen-bond donors (Lipinski definition) is 1. The van der Waals surface area contributed by atoms with E-state index in [2.05, 4.69) is 43.2 Å². The van der Waals surface area contributed by atoms with E-state index < -0.39 is 0 Å². The average Bonchev–Trinajstić information content (AvgIpc) is 2.88. The second-order valence-electron chi connectivity index (χ2n) is 4.86. The van der Waals surface area contributed by atoms with Crippen LogP contribution < -0.4 is 5.32 Å². The summed E-state index contributed by atoms with van der Waals surface area (Å²) in [5.74, 6) is 1.56.